The predicted octanol–water partition coefficient (Wildman–Crippen LogP) is 2.25. The Hall–Kier alpha value is -1.62. The fraction of sp³-hybridized carbons (Fsp3) is 0.125. The highest BCUT2D eigenvalue weighted by atomic mass is 35.5. The fourth-order valence-electron chi connectivity index (χ4n) is 1.04. The summed E-state index contributed by atoms with van der Waals surface area (Å²) in [4.78, 5) is 20.4. The number of carboxylic acids is 1. The first-order chi connectivity index (χ1) is 6.43. The van der Waals surface area contributed by atoms with Gasteiger partial charge in [0.05, 0.1) is 10.5 Å². The minimum atomic E-state index is -1.15. The second-order valence-electron chi connectivity index (χ2n) is 2.68. The Morgan fingerprint density at radius 3 is 2.57 bits per heavy atom. The number of nitro benzene ring substituents is 1. The van der Waals surface area contributed by atoms with E-state index in [9.17, 15) is 14.9 Å². The third-order valence-corrected chi connectivity index (χ3v) is 2.02. The molecule has 0 fully saturated rings. The van der Waals surface area contributed by atoms with Gasteiger partial charge in [0.1, 0.15) is 5.02 Å². The smallest absolute Gasteiger partial charge is 0.336 e. The minimum absolute atomic E-state index is 0.0272. The quantitative estimate of drug-likeness (QED) is 0.606. The number of halogens is 1. The van der Waals surface area contributed by atoms with E-state index in [0.29, 0.717) is 5.56 Å². The van der Waals surface area contributed by atoms with E-state index in [2.05, 4.69) is 0 Å². The molecule has 0 aromatic heterocycles. The van der Waals surface area contributed by atoms with Gasteiger partial charge in [0, 0.05) is 6.07 Å². The molecule has 6 heteroatoms. The van der Waals surface area contributed by atoms with Gasteiger partial charge in [-0.25, -0.2) is 4.79 Å². The third-order valence-electron chi connectivity index (χ3n) is 1.72. The van der Waals surface area contributed by atoms with Crippen molar-refractivity contribution in [1.29, 1.82) is 0 Å². The van der Waals surface area contributed by atoms with Crippen LogP contribution in [0.1, 0.15) is 15.9 Å². The summed E-state index contributed by atoms with van der Waals surface area (Å²) in [6.07, 6.45) is 0. The van der Waals surface area contributed by atoms with Gasteiger partial charge in [0.2, 0.25) is 0 Å². The Balaban J connectivity index is 3.38. The zero-order valence-electron chi connectivity index (χ0n) is 7.15. The summed E-state index contributed by atoms with van der Waals surface area (Å²) in [5.41, 5.74) is 0.00312. The lowest BCUT2D eigenvalue weighted by atomic mass is 10.1. The molecule has 0 saturated carbocycles. The maximum atomic E-state index is 10.6. The predicted molar refractivity (Wildman–Crippen MR) is 49.8 cm³/mol. The van der Waals surface area contributed by atoms with Crippen LogP contribution >= 0.6 is 11.6 Å². The second-order valence-corrected chi connectivity index (χ2v) is 3.09. The first-order valence-electron chi connectivity index (χ1n) is 3.61. The standard InChI is InChI=1S/C8H6ClNO4/c1-4-2-7(10(13)14)6(9)3-5(4)8(11)12/h2-3H,1H3,(H,11,12). The monoisotopic (exact) mass is 215 g/mol. The second kappa shape index (κ2) is 3.63. The fourth-order valence-corrected chi connectivity index (χ4v) is 1.27. The molecule has 0 spiro atoms. The molecule has 0 saturated heterocycles. The van der Waals surface area contributed by atoms with Gasteiger partial charge in [-0.3, -0.25) is 10.1 Å². The average molecular weight is 216 g/mol. The summed E-state index contributed by atoms with van der Waals surface area (Å²) in [7, 11) is 0. The summed E-state index contributed by atoms with van der Waals surface area (Å²) in [5.74, 6) is -1.15. The van der Waals surface area contributed by atoms with Crippen LogP contribution < -0.4 is 0 Å². The van der Waals surface area contributed by atoms with Gasteiger partial charge in [-0.05, 0) is 18.6 Å². The molecule has 0 heterocycles. The highest BCUT2D eigenvalue weighted by molar-refractivity contribution is 6.33. The third kappa shape index (κ3) is 1.82. The van der Waals surface area contributed by atoms with Gasteiger partial charge in [-0.15, -0.1) is 0 Å². The molecule has 5 nitrogen and oxygen atoms in total. The number of nitrogens with zero attached hydrogens (tertiary/aromatic N) is 1. The molecule has 0 aliphatic rings. The summed E-state index contributed by atoms with van der Waals surface area (Å²) in [6.45, 7) is 1.48. The topological polar surface area (TPSA) is 80.4 Å². The van der Waals surface area contributed by atoms with E-state index < -0.39 is 10.9 Å². The lowest BCUT2D eigenvalue weighted by Gasteiger charge is -2.01. The molecule has 0 bridgehead atoms. The summed E-state index contributed by atoms with van der Waals surface area (Å²) in [6, 6.07) is 2.23. The Morgan fingerprint density at radius 2 is 2.14 bits per heavy atom. The zero-order chi connectivity index (χ0) is 10.9. The number of carbonyl (C=O) groups is 1. The van der Waals surface area contributed by atoms with E-state index in [1.807, 2.05) is 0 Å². The average Bonchev–Trinajstić information content (AvgIpc) is 2.07. The van der Waals surface area contributed by atoms with Crippen molar-refractivity contribution in [3.05, 3.63) is 38.4 Å². The van der Waals surface area contributed by atoms with E-state index in [1.165, 1.54) is 6.92 Å². The lowest BCUT2D eigenvalue weighted by molar-refractivity contribution is -0.384. The number of aromatic carboxylic acids is 1. The number of rotatable bonds is 2. The van der Waals surface area contributed by atoms with Crippen molar-refractivity contribution in [1.82, 2.24) is 0 Å². The van der Waals surface area contributed by atoms with Crippen LogP contribution in [0, 0.1) is 17.0 Å². The molecule has 1 aromatic carbocycles. The van der Waals surface area contributed by atoms with Crippen LogP contribution in [0.2, 0.25) is 5.02 Å². The maximum absolute atomic E-state index is 10.6. The summed E-state index contributed by atoms with van der Waals surface area (Å²) >= 11 is 5.54. The van der Waals surface area contributed by atoms with E-state index in [1.54, 1.807) is 0 Å². The van der Waals surface area contributed by atoms with Crippen LogP contribution in [-0.2, 0) is 0 Å². The van der Waals surface area contributed by atoms with Gasteiger partial charge in [-0.2, -0.15) is 0 Å². The highest BCUT2D eigenvalue weighted by Crippen LogP contribution is 2.27. The molecule has 0 amide bonds. The minimum Gasteiger partial charge on any atom is -0.478 e. The number of nitro groups is 1. The Labute approximate surface area is 84.1 Å². The van der Waals surface area contributed by atoms with Crippen LogP contribution in [0.15, 0.2) is 12.1 Å². The van der Waals surface area contributed by atoms with Crippen LogP contribution in [0.25, 0.3) is 0 Å². The van der Waals surface area contributed by atoms with Gasteiger partial charge in [0.15, 0.2) is 0 Å². The van der Waals surface area contributed by atoms with Crippen LogP contribution in [0.5, 0.6) is 0 Å². The van der Waals surface area contributed by atoms with E-state index >= 15 is 0 Å². The Morgan fingerprint density at radius 1 is 1.57 bits per heavy atom. The first-order valence-corrected chi connectivity index (χ1v) is 3.99. The van der Waals surface area contributed by atoms with Gasteiger partial charge >= 0.3 is 5.97 Å². The normalized spacial score (nSPS) is 9.86. The number of carboxylic acid groups (broad SMARTS) is 1. The molecule has 1 N–H and O–H groups in total. The van der Waals surface area contributed by atoms with Crippen molar-refractivity contribution in [2.45, 2.75) is 6.92 Å². The van der Waals surface area contributed by atoms with Crippen molar-refractivity contribution in [3.63, 3.8) is 0 Å². The molecule has 74 valence electrons. The SMILES string of the molecule is Cc1cc([N+](=O)[O-])c(Cl)cc1C(=O)O. The van der Waals surface area contributed by atoms with Crippen molar-refractivity contribution in [2.24, 2.45) is 0 Å². The maximum Gasteiger partial charge on any atom is 0.336 e. The summed E-state index contributed by atoms with van der Waals surface area (Å²) < 4.78 is 0. The van der Waals surface area contributed by atoms with E-state index in [0.717, 1.165) is 12.1 Å². The number of benzene rings is 1. The lowest BCUT2D eigenvalue weighted by Crippen LogP contribution is -2.01. The first kappa shape index (κ1) is 10.5. The molecule has 0 radical (unpaired) electrons. The highest BCUT2D eigenvalue weighted by Gasteiger charge is 2.17. The Kier molecular flexibility index (Phi) is 2.71. The van der Waals surface area contributed by atoms with Crippen LogP contribution in [0.3, 0.4) is 0 Å². The molecular formula is C8H6ClNO4. The summed E-state index contributed by atoms with van der Waals surface area (Å²) in [5, 5.41) is 19.0. The van der Waals surface area contributed by atoms with Crippen molar-refractivity contribution >= 4 is 23.3 Å². The van der Waals surface area contributed by atoms with E-state index in [4.69, 9.17) is 16.7 Å². The van der Waals surface area contributed by atoms with E-state index in [-0.39, 0.29) is 16.3 Å². The molecule has 14 heavy (non-hydrogen) atoms. The van der Waals surface area contributed by atoms with Crippen molar-refractivity contribution < 1.29 is 14.8 Å². The van der Waals surface area contributed by atoms with Crippen LogP contribution in [0.4, 0.5) is 5.69 Å². The number of hydrogen-bond acceptors (Lipinski definition) is 3. The Bertz CT molecular complexity index is 376. The van der Waals surface area contributed by atoms with Crippen LogP contribution in [-0.4, -0.2) is 16.0 Å². The van der Waals surface area contributed by atoms with Gasteiger partial charge in [-0.1, -0.05) is 11.6 Å². The molecule has 1 aromatic rings. The largest absolute Gasteiger partial charge is 0.478 e. The molecule has 0 atom stereocenters. The molecule has 0 aliphatic heterocycles. The van der Waals surface area contributed by atoms with Crippen molar-refractivity contribution in [2.75, 3.05) is 0 Å². The van der Waals surface area contributed by atoms with Gasteiger partial charge < -0.3 is 5.11 Å². The molecule has 0 aliphatic carbocycles. The molecule has 1 rings (SSSR count). The number of aryl methyl sites for hydroxylation is 1. The molecule has 0 unspecified atom stereocenters. The molecular weight excluding hydrogens is 210 g/mol. The zero-order valence-corrected chi connectivity index (χ0v) is 7.91. The number of hydrogen-bond donors (Lipinski definition) is 1. The van der Waals surface area contributed by atoms with Crippen molar-refractivity contribution in [3.8, 4) is 0 Å². The van der Waals surface area contributed by atoms with Gasteiger partial charge in [0.25, 0.3) is 5.69 Å².